The Kier molecular flexibility index (Phi) is 5.44. The van der Waals surface area contributed by atoms with Crippen LogP contribution in [0, 0.1) is 5.82 Å². The van der Waals surface area contributed by atoms with Crippen LogP contribution in [0.25, 0.3) is 0 Å². The summed E-state index contributed by atoms with van der Waals surface area (Å²) in [5.41, 5.74) is -0.253. The summed E-state index contributed by atoms with van der Waals surface area (Å²) in [6, 6.07) is 11.8. The number of Topliss-reactive ketones (excluding diaryl/α,β-unsaturated/α-hetero) is 1. The zero-order chi connectivity index (χ0) is 20.3. The molecule has 6 nitrogen and oxygen atoms in total. The lowest BCUT2D eigenvalue weighted by Crippen LogP contribution is -2.43. The molecule has 1 saturated heterocycles. The van der Waals surface area contributed by atoms with Crippen LogP contribution < -0.4 is 10.1 Å². The molecule has 28 heavy (non-hydrogen) atoms. The highest BCUT2D eigenvalue weighted by Gasteiger charge is 2.51. The molecular weight excluding hydrogens is 363 g/mol. The minimum atomic E-state index is -1.22. The summed E-state index contributed by atoms with van der Waals surface area (Å²) in [5, 5.41) is 2.74. The van der Waals surface area contributed by atoms with Gasteiger partial charge in [0.2, 0.25) is 0 Å². The molecule has 3 amide bonds. The Labute approximate surface area is 162 Å². The van der Waals surface area contributed by atoms with Crippen LogP contribution >= 0.6 is 0 Å². The molecule has 0 saturated carbocycles. The van der Waals surface area contributed by atoms with Crippen molar-refractivity contribution < 1.29 is 23.5 Å². The summed E-state index contributed by atoms with van der Waals surface area (Å²) in [5.74, 6) is -0.550. The predicted molar refractivity (Wildman–Crippen MR) is 101 cm³/mol. The van der Waals surface area contributed by atoms with Crippen LogP contribution in [-0.2, 0) is 10.3 Å². The lowest BCUT2D eigenvalue weighted by molar-refractivity contribution is -0.132. The fraction of sp³-hybridized carbons (Fsp3) is 0.286. The number of nitrogens with zero attached hydrogens (tertiary/aromatic N) is 1. The number of ketones is 1. The third-order valence-corrected chi connectivity index (χ3v) is 4.88. The fourth-order valence-corrected chi connectivity index (χ4v) is 3.33. The van der Waals surface area contributed by atoms with E-state index in [1.54, 1.807) is 31.2 Å². The van der Waals surface area contributed by atoms with E-state index in [1.165, 1.54) is 31.2 Å². The first kappa shape index (κ1) is 19.5. The van der Waals surface area contributed by atoms with Gasteiger partial charge in [0.25, 0.3) is 5.91 Å². The Balaban J connectivity index is 1.74. The van der Waals surface area contributed by atoms with E-state index in [4.69, 9.17) is 4.74 Å². The van der Waals surface area contributed by atoms with Crippen LogP contribution in [0.2, 0.25) is 0 Å². The van der Waals surface area contributed by atoms with Crippen molar-refractivity contribution in [3.05, 3.63) is 65.5 Å². The molecule has 0 aromatic heterocycles. The third kappa shape index (κ3) is 3.47. The standard InChI is InChI=1S/C21H21FN2O4/c1-3-21(15-8-10-16(22)11-9-15)19(26)24(20(27)23-21)12-13-28-18-7-5-4-6-17(18)14(2)25/h4-11H,3,12-13H2,1-2H3,(H,23,27). The molecule has 0 radical (unpaired) electrons. The Bertz CT molecular complexity index is 913. The SMILES string of the molecule is CCC1(c2ccc(F)cc2)NC(=O)N(CCOc2ccccc2C(C)=O)C1=O. The molecule has 0 spiro atoms. The second-order valence-electron chi connectivity index (χ2n) is 6.55. The maximum atomic E-state index is 13.2. The van der Waals surface area contributed by atoms with Gasteiger partial charge in [0.1, 0.15) is 23.7 Å². The summed E-state index contributed by atoms with van der Waals surface area (Å²) in [6.07, 6.45) is 0.327. The van der Waals surface area contributed by atoms with Crippen LogP contribution in [0.15, 0.2) is 48.5 Å². The average molecular weight is 384 g/mol. The number of rotatable bonds is 7. The first-order chi connectivity index (χ1) is 13.4. The number of urea groups is 1. The van der Waals surface area contributed by atoms with Gasteiger partial charge in [0, 0.05) is 0 Å². The predicted octanol–water partition coefficient (Wildman–Crippen LogP) is 3.26. The Morgan fingerprint density at radius 2 is 1.82 bits per heavy atom. The van der Waals surface area contributed by atoms with E-state index >= 15 is 0 Å². The van der Waals surface area contributed by atoms with Gasteiger partial charge in [-0.15, -0.1) is 0 Å². The fourth-order valence-electron chi connectivity index (χ4n) is 3.33. The van der Waals surface area contributed by atoms with Gasteiger partial charge in [-0.25, -0.2) is 9.18 Å². The zero-order valence-electron chi connectivity index (χ0n) is 15.7. The number of benzene rings is 2. The van der Waals surface area contributed by atoms with Gasteiger partial charge in [-0.3, -0.25) is 14.5 Å². The van der Waals surface area contributed by atoms with Crippen molar-refractivity contribution in [1.29, 1.82) is 0 Å². The molecule has 1 aliphatic heterocycles. The molecule has 0 aliphatic carbocycles. The largest absolute Gasteiger partial charge is 0.491 e. The molecule has 1 N–H and O–H groups in total. The summed E-state index contributed by atoms with van der Waals surface area (Å²) < 4.78 is 18.9. The number of para-hydroxylation sites is 1. The van der Waals surface area contributed by atoms with E-state index in [9.17, 15) is 18.8 Å². The van der Waals surface area contributed by atoms with Crippen molar-refractivity contribution in [3.8, 4) is 5.75 Å². The molecule has 2 aromatic carbocycles. The normalized spacial score (nSPS) is 18.9. The topological polar surface area (TPSA) is 75.7 Å². The molecule has 1 heterocycles. The number of hydrogen-bond acceptors (Lipinski definition) is 4. The minimum Gasteiger partial charge on any atom is -0.491 e. The van der Waals surface area contributed by atoms with E-state index in [-0.39, 0.29) is 18.9 Å². The number of carbonyl (C=O) groups excluding carboxylic acids is 3. The summed E-state index contributed by atoms with van der Waals surface area (Å²) in [6.45, 7) is 3.30. The number of halogens is 1. The average Bonchev–Trinajstić information content (AvgIpc) is 2.93. The molecule has 7 heteroatoms. The van der Waals surface area contributed by atoms with E-state index in [0.29, 0.717) is 23.3 Å². The number of amides is 3. The van der Waals surface area contributed by atoms with Crippen LogP contribution in [0.1, 0.15) is 36.2 Å². The lowest BCUT2D eigenvalue weighted by atomic mass is 9.87. The zero-order valence-corrected chi connectivity index (χ0v) is 15.7. The highest BCUT2D eigenvalue weighted by Crippen LogP contribution is 2.32. The molecule has 1 atom stereocenters. The first-order valence-electron chi connectivity index (χ1n) is 9.02. The van der Waals surface area contributed by atoms with Gasteiger partial charge in [-0.2, -0.15) is 0 Å². The van der Waals surface area contributed by atoms with Crippen molar-refractivity contribution >= 4 is 17.7 Å². The highest BCUT2D eigenvalue weighted by atomic mass is 19.1. The maximum Gasteiger partial charge on any atom is 0.325 e. The smallest absolute Gasteiger partial charge is 0.325 e. The summed E-state index contributed by atoms with van der Waals surface area (Å²) >= 11 is 0. The van der Waals surface area contributed by atoms with E-state index < -0.39 is 23.3 Å². The number of hydrogen-bond donors (Lipinski definition) is 1. The molecule has 0 bridgehead atoms. The van der Waals surface area contributed by atoms with E-state index in [0.717, 1.165) is 4.90 Å². The Hall–Kier alpha value is -3.22. The van der Waals surface area contributed by atoms with Crippen molar-refractivity contribution in [3.63, 3.8) is 0 Å². The van der Waals surface area contributed by atoms with Gasteiger partial charge < -0.3 is 10.1 Å². The quantitative estimate of drug-likeness (QED) is 0.587. The monoisotopic (exact) mass is 384 g/mol. The first-order valence-corrected chi connectivity index (χ1v) is 9.02. The van der Waals surface area contributed by atoms with Crippen LogP contribution in [0.5, 0.6) is 5.75 Å². The lowest BCUT2D eigenvalue weighted by Gasteiger charge is -2.25. The number of imide groups is 1. The molecule has 1 fully saturated rings. The van der Waals surface area contributed by atoms with Gasteiger partial charge in [0.05, 0.1) is 12.1 Å². The van der Waals surface area contributed by atoms with Gasteiger partial charge in [-0.1, -0.05) is 31.2 Å². The second-order valence-corrected chi connectivity index (χ2v) is 6.55. The van der Waals surface area contributed by atoms with Gasteiger partial charge in [0.15, 0.2) is 5.78 Å². The summed E-state index contributed by atoms with van der Waals surface area (Å²) in [4.78, 5) is 38.2. The molecule has 1 aliphatic rings. The Morgan fingerprint density at radius 3 is 2.46 bits per heavy atom. The van der Waals surface area contributed by atoms with Crippen molar-refractivity contribution in [2.75, 3.05) is 13.2 Å². The maximum absolute atomic E-state index is 13.2. The number of carbonyl (C=O) groups is 3. The summed E-state index contributed by atoms with van der Waals surface area (Å²) in [7, 11) is 0. The second kappa shape index (κ2) is 7.80. The van der Waals surface area contributed by atoms with Gasteiger partial charge in [-0.05, 0) is 43.2 Å². The van der Waals surface area contributed by atoms with Crippen LogP contribution in [0.4, 0.5) is 9.18 Å². The Morgan fingerprint density at radius 1 is 1.14 bits per heavy atom. The molecule has 3 rings (SSSR count). The van der Waals surface area contributed by atoms with Crippen LogP contribution in [-0.4, -0.2) is 35.8 Å². The van der Waals surface area contributed by atoms with Crippen LogP contribution in [0.3, 0.4) is 0 Å². The third-order valence-electron chi connectivity index (χ3n) is 4.88. The molecule has 2 aromatic rings. The highest BCUT2D eigenvalue weighted by molar-refractivity contribution is 6.07. The number of nitrogens with one attached hydrogen (secondary N) is 1. The molecule has 1 unspecified atom stereocenters. The van der Waals surface area contributed by atoms with Crippen molar-refractivity contribution in [2.45, 2.75) is 25.8 Å². The van der Waals surface area contributed by atoms with Crippen molar-refractivity contribution in [2.24, 2.45) is 0 Å². The van der Waals surface area contributed by atoms with Gasteiger partial charge >= 0.3 is 6.03 Å². The van der Waals surface area contributed by atoms with E-state index in [1.807, 2.05) is 0 Å². The molecular formula is C21H21FN2O4. The van der Waals surface area contributed by atoms with E-state index in [2.05, 4.69) is 5.32 Å². The van der Waals surface area contributed by atoms with Crippen molar-refractivity contribution in [1.82, 2.24) is 10.2 Å². The number of ether oxygens (including phenoxy) is 1. The minimum absolute atomic E-state index is 0.0276. The molecule has 146 valence electrons.